The van der Waals surface area contributed by atoms with Gasteiger partial charge >= 0.3 is 0 Å². The summed E-state index contributed by atoms with van der Waals surface area (Å²) >= 11 is 0. The van der Waals surface area contributed by atoms with Gasteiger partial charge in [-0.15, -0.1) is 0 Å². The molecule has 0 bridgehead atoms. The molecule has 0 atom stereocenters. The number of hydrogen-bond donors (Lipinski definition) is 2. The molecule has 0 aliphatic rings. The second-order valence-corrected chi connectivity index (χ2v) is 7.18. The molecule has 0 aromatic carbocycles. The minimum Gasteiger partial charge on any atom is -0.325 e. The summed E-state index contributed by atoms with van der Waals surface area (Å²) in [5.41, 5.74) is 1.97. The Bertz CT molecular complexity index is 1480. The predicted molar refractivity (Wildman–Crippen MR) is 125 cm³/mol. The molecule has 0 aliphatic heterocycles. The van der Waals surface area contributed by atoms with Crippen LogP contribution in [0.5, 0.6) is 0 Å². The third-order valence-corrected chi connectivity index (χ3v) is 4.99. The smallest absolute Gasteiger partial charge is 0.163 e. The van der Waals surface area contributed by atoms with Crippen molar-refractivity contribution in [1.82, 2.24) is 29.9 Å². The molecule has 152 valence electrons. The Morgan fingerprint density at radius 3 is 1.22 bits per heavy atom. The largest absolute Gasteiger partial charge is 0.325 e. The average Bonchev–Trinajstić information content (AvgIpc) is 2.84. The molecule has 2 N–H and O–H groups in total. The van der Waals surface area contributed by atoms with E-state index in [1.165, 1.54) is 0 Å². The first-order chi connectivity index (χ1) is 15.8. The van der Waals surface area contributed by atoms with Crippen LogP contribution in [-0.2, 0) is 0 Å². The van der Waals surface area contributed by atoms with Crippen molar-refractivity contribution in [3.8, 4) is 0 Å². The van der Waals surface area contributed by atoms with Gasteiger partial charge in [0.1, 0.15) is 23.3 Å². The van der Waals surface area contributed by atoms with Crippen LogP contribution in [0.2, 0.25) is 0 Å². The van der Waals surface area contributed by atoms with Crippen LogP contribution in [0.1, 0.15) is 0 Å². The Balaban J connectivity index is 1.29. The van der Waals surface area contributed by atoms with Gasteiger partial charge in [-0.2, -0.15) is 0 Å². The van der Waals surface area contributed by atoms with Gasteiger partial charge < -0.3 is 10.6 Å². The minimum atomic E-state index is 0.609. The fourth-order valence-electron chi connectivity index (χ4n) is 3.45. The highest BCUT2D eigenvalue weighted by atomic mass is 15.1. The number of aromatic nitrogens is 6. The van der Waals surface area contributed by atoms with E-state index >= 15 is 0 Å². The number of rotatable bonds is 4. The van der Waals surface area contributed by atoms with Crippen molar-refractivity contribution >= 4 is 56.4 Å². The van der Waals surface area contributed by atoms with Crippen molar-refractivity contribution in [3.63, 3.8) is 0 Å². The van der Waals surface area contributed by atoms with Crippen LogP contribution in [0.3, 0.4) is 0 Å². The van der Waals surface area contributed by atoms with Crippen molar-refractivity contribution in [2.75, 3.05) is 10.6 Å². The van der Waals surface area contributed by atoms with Crippen molar-refractivity contribution in [2.45, 2.75) is 0 Å². The Morgan fingerprint density at radius 2 is 0.781 bits per heavy atom. The molecule has 0 spiro atoms. The molecule has 8 nitrogen and oxygen atoms in total. The van der Waals surface area contributed by atoms with Crippen molar-refractivity contribution < 1.29 is 0 Å². The van der Waals surface area contributed by atoms with E-state index in [1.54, 1.807) is 12.4 Å². The van der Waals surface area contributed by atoms with E-state index < -0.39 is 0 Å². The van der Waals surface area contributed by atoms with Gasteiger partial charge in [-0.05, 0) is 72.8 Å². The minimum absolute atomic E-state index is 0.609. The number of hydrogen-bond acceptors (Lipinski definition) is 8. The lowest BCUT2D eigenvalue weighted by molar-refractivity contribution is 1.23. The number of nitrogens with zero attached hydrogens (tertiary/aromatic N) is 6. The van der Waals surface area contributed by atoms with Crippen LogP contribution in [0, 0.1) is 0 Å². The molecular weight excluding hydrogens is 400 g/mol. The molecule has 6 aromatic rings. The fourth-order valence-corrected chi connectivity index (χ4v) is 3.45. The molecule has 8 heteroatoms. The van der Waals surface area contributed by atoms with Gasteiger partial charge in [-0.25, -0.2) is 29.9 Å². The SMILES string of the molecule is c1cnc2nc(Nc3ccc4ccc(Nc5ccc6cccnc6n5)nc4n3)ccc2c1. The Kier molecular flexibility index (Phi) is 4.25. The van der Waals surface area contributed by atoms with Gasteiger partial charge in [0, 0.05) is 28.6 Å². The maximum absolute atomic E-state index is 4.65. The van der Waals surface area contributed by atoms with Crippen LogP contribution >= 0.6 is 0 Å². The molecule has 0 radical (unpaired) electrons. The predicted octanol–water partition coefficient (Wildman–Crippen LogP) is 5.00. The maximum Gasteiger partial charge on any atom is 0.163 e. The molecular formula is C24H16N8. The number of pyridine rings is 6. The molecule has 0 fully saturated rings. The summed E-state index contributed by atoms with van der Waals surface area (Å²) in [6.45, 7) is 0. The summed E-state index contributed by atoms with van der Waals surface area (Å²) in [4.78, 5) is 27.0. The molecule has 0 saturated heterocycles. The summed E-state index contributed by atoms with van der Waals surface area (Å²) in [6.07, 6.45) is 3.46. The van der Waals surface area contributed by atoms with Gasteiger partial charge in [-0.1, -0.05) is 0 Å². The Labute approximate surface area is 182 Å². The quantitative estimate of drug-likeness (QED) is 0.414. The summed E-state index contributed by atoms with van der Waals surface area (Å²) < 4.78 is 0. The lowest BCUT2D eigenvalue weighted by Crippen LogP contribution is -2.00. The zero-order valence-electron chi connectivity index (χ0n) is 16.8. The topological polar surface area (TPSA) is 101 Å². The van der Waals surface area contributed by atoms with Gasteiger partial charge in [0.15, 0.2) is 16.9 Å². The van der Waals surface area contributed by atoms with E-state index in [1.807, 2.05) is 72.8 Å². The zero-order chi connectivity index (χ0) is 21.3. The number of anilines is 4. The van der Waals surface area contributed by atoms with E-state index in [0.717, 1.165) is 16.2 Å². The highest BCUT2D eigenvalue weighted by molar-refractivity contribution is 5.81. The van der Waals surface area contributed by atoms with Crippen LogP contribution in [0.15, 0.2) is 85.2 Å². The van der Waals surface area contributed by atoms with Crippen LogP contribution in [0.4, 0.5) is 23.3 Å². The fraction of sp³-hybridized carbons (Fsp3) is 0. The second-order valence-electron chi connectivity index (χ2n) is 7.18. The third kappa shape index (κ3) is 3.50. The van der Waals surface area contributed by atoms with Crippen molar-refractivity contribution in [1.29, 1.82) is 0 Å². The first kappa shape index (κ1) is 18.1. The van der Waals surface area contributed by atoms with Crippen LogP contribution in [-0.4, -0.2) is 29.9 Å². The van der Waals surface area contributed by atoms with E-state index in [9.17, 15) is 0 Å². The second kappa shape index (κ2) is 7.51. The van der Waals surface area contributed by atoms with E-state index in [0.29, 0.717) is 40.2 Å². The van der Waals surface area contributed by atoms with Crippen molar-refractivity contribution in [3.05, 3.63) is 85.2 Å². The molecule has 6 rings (SSSR count). The van der Waals surface area contributed by atoms with E-state index in [2.05, 4.69) is 40.5 Å². The lowest BCUT2D eigenvalue weighted by atomic mass is 10.2. The molecule has 6 aromatic heterocycles. The van der Waals surface area contributed by atoms with Gasteiger partial charge in [0.25, 0.3) is 0 Å². The molecule has 0 unspecified atom stereocenters. The standard InChI is InChI=1S/C24H16N8/c1-3-15-5-9-18(29-22(15)25-13-1)27-20-11-7-17-8-12-21(32-24(17)31-20)28-19-10-6-16-4-2-14-26-23(16)30-19/h1-14H,(H2,25,26,27,28,29,30,31,32). The Morgan fingerprint density at radius 1 is 0.406 bits per heavy atom. The molecule has 32 heavy (non-hydrogen) atoms. The molecule has 0 amide bonds. The van der Waals surface area contributed by atoms with E-state index in [-0.39, 0.29) is 0 Å². The van der Waals surface area contributed by atoms with Gasteiger partial charge in [-0.3, -0.25) is 0 Å². The van der Waals surface area contributed by atoms with Gasteiger partial charge in [0.05, 0.1) is 0 Å². The molecule has 6 heterocycles. The van der Waals surface area contributed by atoms with Gasteiger partial charge in [0.2, 0.25) is 0 Å². The lowest BCUT2D eigenvalue weighted by Gasteiger charge is -2.09. The summed E-state index contributed by atoms with van der Waals surface area (Å²) in [6, 6.07) is 23.2. The Hall–Kier alpha value is -4.72. The highest BCUT2D eigenvalue weighted by Gasteiger charge is 2.06. The summed E-state index contributed by atoms with van der Waals surface area (Å²) in [5, 5.41) is 9.37. The number of fused-ring (bicyclic) bond motifs is 3. The van der Waals surface area contributed by atoms with E-state index in [4.69, 9.17) is 0 Å². The number of nitrogens with one attached hydrogen (secondary N) is 2. The normalized spacial score (nSPS) is 11.1. The first-order valence-electron chi connectivity index (χ1n) is 10.1. The summed E-state index contributed by atoms with van der Waals surface area (Å²) in [7, 11) is 0. The highest BCUT2D eigenvalue weighted by Crippen LogP contribution is 2.22. The molecule has 0 saturated carbocycles. The van der Waals surface area contributed by atoms with Crippen LogP contribution < -0.4 is 10.6 Å². The van der Waals surface area contributed by atoms with Crippen molar-refractivity contribution in [2.24, 2.45) is 0 Å². The average molecular weight is 416 g/mol. The maximum atomic E-state index is 4.65. The first-order valence-corrected chi connectivity index (χ1v) is 10.1. The zero-order valence-corrected chi connectivity index (χ0v) is 16.8. The summed E-state index contributed by atoms with van der Waals surface area (Å²) in [5.74, 6) is 2.64. The monoisotopic (exact) mass is 416 g/mol. The third-order valence-electron chi connectivity index (χ3n) is 4.99. The molecule has 0 aliphatic carbocycles. The van der Waals surface area contributed by atoms with Crippen LogP contribution in [0.25, 0.3) is 33.1 Å².